The molecule has 0 amide bonds. The van der Waals surface area contributed by atoms with E-state index in [2.05, 4.69) is 70.9 Å². The van der Waals surface area contributed by atoms with Crippen LogP contribution in [0.1, 0.15) is 24.0 Å². The van der Waals surface area contributed by atoms with Crippen LogP contribution in [0.5, 0.6) is 5.75 Å². The normalized spacial score (nSPS) is 22.2. The fraction of sp³-hybridized carbons (Fsp3) is 0.360. The number of hydrogen-bond donors (Lipinski definition) is 1. The van der Waals surface area contributed by atoms with Gasteiger partial charge in [0.1, 0.15) is 12.4 Å². The van der Waals surface area contributed by atoms with Crippen LogP contribution in [0.25, 0.3) is 10.8 Å². The molecule has 30 heavy (non-hydrogen) atoms. The van der Waals surface area contributed by atoms with Crippen LogP contribution in [0.15, 0.2) is 66.7 Å². The first-order valence-electron chi connectivity index (χ1n) is 10.5. The SMILES string of the molecule is Cl.Cl.c1ccc(COc2ccc3ccccc3c2CNC2CN3CCC2CC3)cc1. The van der Waals surface area contributed by atoms with Crippen molar-refractivity contribution in [3.63, 3.8) is 0 Å². The van der Waals surface area contributed by atoms with E-state index >= 15 is 0 Å². The van der Waals surface area contributed by atoms with E-state index in [1.54, 1.807) is 0 Å². The van der Waals surface area contributed by atoms with Gasteiger partial charge >= 0.3 is 0 Å². The van der Waals surface area contributed by atoms with Gasteiger partial charge in [0.05, 0.1) is 0 Å². The third-order valence-electron chi connectivity index (χ3n) is 6.43. The monoisotopic (exact) mass is 444 g/mol. The summed E-state index contributed by atoms with van der Waals surface area (Å²) in [6, 6.07) is 24.0. The van der Waals surface area contributed by atoms with Gasteiger partial charge < -0.3 is 15.0 Å². The molecule has 160 valence electrons. The summed E-state index contributed by atoms with van der Waals surface area (Å²) >= 11 is 0. The first-order valence-corrected chi connectivity index (χ1v) is 10.5. The van der Waals surface area contributed by atoms with Crippen LogP contribution in [-0.2, 0) is 13.2 Å². The number of rotatable bonds is 6. The second-order valence-electron chi connectivity index (χ2n) is 8.16. The number of hydrogen-bond acceptors (Lipinski definition) is 3. The van der Waals surface area contributed by atoms with Crippen LogP contribution in [0.4, 0.5) is 0 Å². The quantitative estimate of drug-likeness (QED) is 0.547. The second kappa shape index (κ2) is 10.5. The van der Waals surface area contributed by atoms with Gasteiger partial charge in [-0.1, -0.05) is 60.7 Å². The van der Waals surface area contributed by atoms with Crippen LogP contribution in [0, 0.1) is 5.92 Å². The third-order valence-corrected chi connectivity index (χ3v) is 6.43. The summed E-state index contributed by atoms with van der Waals surface area (Å²) in [5, 5.41) is 6.45. The molecule has 3 aliphatic heterocycles. The average Bonchev–Trinajstić information content (AvgIpc) is 2.78. The van der Waals surface area contributed by atoms with Gasteiger partial charge in [0, 0.05) is 24.7 Å². The van der Waals surface area contributed by atoms with Gasteiger partial charge in [0.15, 0.2) is 0 Å². The zero-order valence-electron chi connectivity index (χ0n) is 17.1. The van der Waals surface area contributed by atoms with Gasteiger partial charge in [-0.3, -0.25) is 0 Å². The van der Waals surface area contributed by atoms with Crippen LogP contribution in [0.3, 0.4) is 0 Å². The first-order chi connectivity index (χ1) is 13.9. The topological polar surface area (TPSA) is 24.5 Å². The van der Waals surface area contributed by atoms with Crippen molar-refractivity contribution in [3.8, 4) is 5.75 Å². The van der Waals surface area contributed by atoms with E-state index in [-0.39, 0.29) is 24.8 Å². The van der Waals surface area contributed by atoms with Crippen molar-refractivity contribution >= 4 is 35.6 Å². The van der Waals surface area contributed by atoms with E-state index in [0.717, 1.165) is 18.2 Å². The van der Waals surface area contributed by atoms with Crippen molar-refractivity contribution in [1.82, 2.24) is 10.2 Å². The lowest BCUT2D eigenvalue weighted by Crippen LogP contribution is -2.55. The molecule has 0 saturated carbocycles. The molecule has 3 aromatic carbocycles. The minimum atomic E-state index is 0. The molecule has 3 heterocycles. The van der Waals surface area contributed by atoms with Crippen molar-refractivity contribution in [1.29, 1.82) is 0 Å². The Labute approximate surface area is 191 Å². The minimum Gasteiger partial charge on any atom is -0.489 e. The molecular weight excluding hydrogens is 415 g/mol. The molecule has 3 saturated heterocycles. The molecule has 3 aromatic rings. The van der Waals surface area contributed by atoms with Gasteiger partial charge in [-0.15, -0.1) is 24.8 Å². The lowest BCUT2D eigenvalue weighted by Gasteiger charge is -2.45. The largest absolute Gasteiger partial charge is 0.489 e. The third kappa shape index (κ3) is 4.92. The number of nitrogens with zero attached hydrogens (tertiary/aromatic N) is 1. The molecule has 0 aliphatic carbocycles. The average molecular weight is 445 g/mol. The van der Waals surface area contributed by atoms with Crippen molar-refractivity contribution in [3.05, 3.63) is 77.9 Å². The standard InChI is InChI=1S/C25H28N2O.2ClH/c1-2-6-19(7-3-1)18-28-25-11-10-20-8-4-5-9-22(20)23(25)16-26-24-17-27-14-12-21(24)13-15-27;;/h1-11,21,24,26H,12-18H2;2*1H. The highest BCUT2D eigenvalue weighted by molar-refractivity contribution is 5.87. The van der Waals surface area contributed by atoms with E-state index in [4.69, 9.17) is 4.74 Å². The van der Waals surface area contributed by atoms with Crippen LogP contribution in [0.2, 0.25) is 0 Å². The van der Waals surface area contributed by atoms with Crippen molar-refractivity contribution in [2.45, 2.75) is 32.0 Å². The van der Waals surface area contributed by atoms with Crippen molar-refractivity contribution < 1.29 is 4.74 Å². The lowest BCUT2D eigenvalue weighted by atomic mass is 9.84. The summed E-state index contributed by atoms with van der Waals surface area (Å²) in [5.41, 5.74) is 2.48. The number of ether oxygens (including phenoxy) is 1. The second-order valence-corrected chi connectivity index (χ2v) is 8.16. The lowest BCUT2D eigenvalue weighted by molar-refractivity contribution is 0.0719. The highest BCUT2D eigenvalue weighted by Gasteiger charge is 2.33. The molecule has 1 atom stereocenters. The summed E-state index contributed by atoms with van der Waals surface area (Å²) in [6.45, 7) is 5.22. The molecule has 1 N–H and O–H groups in total. The minimum absolute atomic E-state index is 0. The Morgan fingerprint density at radius 3 is 2.33 bits per heavy atom. The summed E-state index contributed by atoms with van der Waals surface area (Å²) < 4.78 is 6.28. The molecule has 3 fully saturated rings. The Balaban J connectivity index is 0.00000128. The summed E-state index contributed by atoms with van der Waals surface area (Å²) in [6.07, 6.45) is 2.68. The smallest absolute Gasteiger partial charge is 0.124 e. The molecule has 0 spiro atoms. The fourth-order valence-electron chi connectivity index (χ4n) is 4.80. The fourth-order valence-corrected chi connectivity index (χ4v) is 4.80. The Kier molecular flexibility index (Phi) is 8.01. The zero-order chi connectivity index (χ0) is 18.8. The molecule has 0 aromatic heterocycles. The molecular formula is C25H30Cl2N2O. The van der Waals surface area contributed by atoms with Gasteiger partial charge in [0.25, 0.3) is 0 Å². The highest BCUT2D eigenvalue weighted by Crippen LogP contribution is 2.31. The van der Waals surface area contributed by atoms with E-state index < -0.39 is 0 Å². The number of benzene rings is 3. The molecule has 3 nitrogen and oxygen atoms in total. The van der Waals surface area contributed by atoms with Gasteiger partial charge in [-0.25, -0.2) is 0 Å². The Morgan fingerprint density at radius 1 is 0.867 bits per heavy atom. The molecule has 1 unspecified atom stereocenters. The number of halogens is 2. The van der Waals surface area contributed by atoms with E-state index in [1.807, 2.05) is 6.07 Å². The maximum Gasteiger partial charge on any atom is 0.124 e. The number of nitrogens with one attached hydrogen (secondary N) is 1. The Bertz CT molecular complexity index is 942. The summed E-state index contributed by atoms with van der Waals surface area (Å²) in [4.78, 5) is 2.60. The van der Waals surface area contributed by atoms with Crippen LogP contribution >= 0.6 is 24.8 Å². The Hall–Kier alpha value is -1.78. The predicted molar refractivity (Wildman–Crippen MR) is 129 cm³/mol. The van der Waals surface area contributed by atoms with E-state index in [0.29, 0.717) is 12.6 Å². The van der Waals surface area contributed by atoms with E-state index in [1.165, 1.54) is 54.4 Å². The zero-order valence-corrected chi connectivity index (χ0v) is 18.8. The predicted octanol–water partition coefficient (Wildman–Crippen LogP) is 5.45. The summed E-state index contributed by atoms with van der Waals surface area (Å²) in [7, 11) is 0. The highest BCUT2D eigenvalue weighted by atomic mass is 35.5. The van der Waals surface area contributed by atoms with Crippen molar-refractivity contribution in [2.75, 3.05) is 19.6 Å². The molecule has 2 bridgehead atoms. The van der Waals surface area contributed by atoms with Gasteiger partial charge in [-0.05, 0) is 54.3 Å². The van der Waals surface area contributed by atoms with E-state index in [9.17, 15) is 0 Å². The van der Waals surface area contributed by atoms with Gasteiger partial charge in [0.2, 0.25) is 0 Å². The van der Waals surface area contributed by atoms with Crippen LogP contribution in [-0.4, -0.2) is 30.6 Å². The summed E-state index contributed by atoms with van der Waals surface area (Å²) in [5.74, 6) is 1.82. The molecule has 3 aliphatic rings. The molecule has 6 rings (SSSR count). The number of piperidine rings is 3. The first kappa shape index (κ1) is 22.9. The molecule has 5 heteroatoms. The van der Waals surface area contributed by atoms with Gasteiger partial charge in [-0.2, -0.15) is 0 Å². The number of fused-ring (bicyclic) bond motifs is 4. The Morgan fingerprint density at radius 2 is 1.60 bits per heavy atom. The molecule has 0 radical (unpaired) electrons. The van der Waals surface area contributed by atoms with Crippen LogP contribution < -0.4 is 10.1 Å². The maximum atomic E-state index is 6.28. The van der Waals surface area contributed by atoms with Crippen molar-refractivity contribution in [2.24, 2.45) is 5.92 Å². The maximum absolute atomic E-state index is 6.28.